The van der Waals surface area contributed by atoms with Crippen LogP contribution in [0, 0.1) is 0 Å². The Morgan fingerprint density at radius 2 is 2.22 bits per heavy atom. The van der Waals surface area contributed by atoms with Gasteiger partial charge in [-0.25, -0.2) is 8.42 Å². The number of benzene rings is 1. The molecule has 4 nitrogen and oxygen atoms in total. The molecule has 2 N–H and O–H groups in total. The molecule has 1 heterocycles. The molecule has 0 spiro atoms. The Balaban J connectivity index is 2.31. The Kier molecular flexibility index (Phi) is 3.92. The summed E-state index contributed by atoms with van der Waals surface area (Å²) in [5.74, 6) is 0.189. The van der Waals surface area contributed by atoms with E-state index in [-0.39, 0.29) is 11.8 Å². The van der Waals surface area contributed by atoms with Crippen molar-refractivity contribution in [3.63, 3.8) is 0 Å². The number of fused-ring (bicyclic) bond motifs is 1. The number of rotatable bonds is 4. The highest BCUT2D eigenvalue weighted by Crippen LogP contribution is 2.30. The zero-order chi connectivity index (χ0) is 13.2. The van der Waals surface area contributed by atoms with Crippen molar-refractivity contribution in [2.45, 2.75) is 30.7 Å². The molecule has 0 fully saturated rings. The molecular formula is C13H20N2O2S. The van der Waals surface area contributed by atoms with Crippen LogP contribution < -0.4 is 10.6 Å². The van der Waals surface area contributed by atoms with E-state index >= 15 is 0 Å². The zero-order valence-electron chi connectivity index (χ0n) is 10.9. The lowest BCUT2D eigenvalue weighted by Gasteiger charge is -2.27. The maximum atomic E-state index is 12.3. The molecule has 0 aliphatic carbocycles. The number of sulfone groups is 1. The van der Waals surface area contributed by atoms with Crippen LogP contribution in [0.2, 0.25) is 0 Å². The van der Waals surface area contributed by atoms with Gasteiger partial charge in [0.25, 0.3) is 0 Å². The van der Waals surface area contributed by atoms with E-state index in [9.17, 15) is 8.42 Å². The van der Waals surface area contributed by atoms with Gasteiger partial charge in [-0.2, -0.15) is 0 Å². The summed E-state index contributed by atoms with van der Waals surface area (Å²) < 4.78 is 24.5. The molecule has 5 heteroatoms. The summed E-state index contributed by atoms with van der Waals surface area (Å²) in [4.78, 5) is 0.461. The van der Waals surface area contributed by atoms with E-state index in [0.717, 1.165) is 30.6 Å². The van der Waals surface area contributed by atoms with E-state index < -0.39 is 9.84 Å². The fraction of sp³-hybridized carbons (Fsp3) is 0.538. The van der Waals surface area contributed by atoms with Crippen molar-refractivity contribution in [2.75, 3.05) is 24.7 Å². The molecule has 0 amide bonds. The Labute approximate surface area is 109 Å². The van der Waals surface area contributed by atoms with Crippen LogP contribution in [0.1, 0.15) is 18.9 Å². The van der Waals surface area contributed by atoms with Gasteiger partial charge in [0.1, 0.15) is 0 Å². The minimum Gasteiger partial charge on any atom is -0.380 e. The van der Waals surface area contributed by atoms with Crippen LogP contribution >= 0.6 is 0 Å². The third-order valence-corrected chi connectivity index (χ3v) is 5.16. The Bertz CT molecular complexity index is 526. The highest BCUT2D eigenvalue weighted by molar-refractivity contribution is 7.91. The van der Waals surface area contributed by atoms with Gasteiger partial charge in [0, 0.05) is 6.04 Å². The molecular weight excluding hydrogens is 248 g/mol. The second-order valence-corrected chi connectivity index (χ2v) is 6.70. The van der Waals surface area contributed by atoms with Crippen molar-refractivity contribution in [1.82, 2.24) is 5.32 Å². The third kappa shape index (κ3) is 2.67. The predicted molar refractivity (Wildman–Crippen MR) is 73.8 cm³/mol. The van der Waals surface area contributed by atoms with E-state index in [4.69, 9.17) is 0 Å². The number of nitrogens with one attached hydrogen (secondary N) is 2. The van der Waals surface area contributed by atoms with Gasteiger partial charge in [0.05, 0.1) is 16.3 Å². The molecule has 0 radical (unpaired) electrons. The number of aryl methyl sites for hydroxylation is 1. The van der Waals surface area contributed by atoms with E-state index in [1.165, 1.54) is 0 Å². The average molecular weight is 268 g/mol. The van der Waals surface area contributed by atoms with Crippen LogP contribution in [0.4, 0.5) is 5.69 Å². The maximum absolute atomic E-state index is 12.3. The summed E-state index contributed by atoms with van der Waals surface area (Å²) in [7, 11) is -1.27. The first-order chi connectivity index (χ1) is 8.56. The Hall–Kier alpha value is -1.07. The van der Waals surface area contributed by atoms with Gasteiger partial charge in [-0.1, -0.05) is 13.0 Å². The summed E-state index contributed by atoms with van der Waals surface area (Å²) in [6.45, 7) is 2.84. The van der Waals surface area contributed by atoms with Crippen LogP contribution in [-0.4, -0.2) is 33.8 Å². The molecule has 0 bridgehead atoms. The van der Waals surface area contributed by atoms with E-state index in [2.05, 4.69) is 10.6 Å². The summed E-state index contributed by atoms with van der Waals surface area (Å²) in [6.07, 6.45) is 1.66. The Morgan fingerprint density at radius 3 is 2.89 bits per heavy atom. The minimum absolute atomic E-state index is 0.00225. The summed E-state index contributed by atoms with van der Waals surface area (Å²) in [5.41, 5.74) is 1.81. The monoisotopic (exact) mass is 268 g/mol. The normalized spacial score (nSPS) is 21.1. The van der Waals surface area contributed by atoms with Crippen LogP contribution in [-0.2, 0) is 16.3 Å². The lowest BCUT2D eigenvalue weighted by atomic mass is 10.1. The first kappa shape index (κ1) is 13.4. The SMILES string of the molecule is CCc1ccc2c(c1)S(=O)(=O)CC(CCNC)N2. The molecule has 2 rings (SSSR count). The number of hydrogen-bond donors (Lipinski definition) is 2. The molecule has 0 saturated heterocycles. The molecule has 1 aromatic carbocycles. The fourth-order valence-electron chi connectivity index (χ4n) is 2.25. The van der Waals surface area contributed by atoms with Gasteiger partial charge in [0.15, 0.2) is 9.84 Å². The highest BCUT2D eigenvalue weighted by Gasteiger charge is 2.29. The molecule has 0 aromatic heterocycles. The second kappa shape index (κ2) is 5.28. The van der Waals surface area contributed by atoms with Crippen LogP contribution in [0.3, 0.4) is 0 Å². The van der Waals surface area contributed by atoms with Gasteiger partial charge < -0.3 is 10.6 Å². The maximum Gasteiger partial charge on any atom is 0.182 e. The average Bonchev–Trinajstić information content (AvgIpc) is 2.35. The van der Waals surface area contributed by atoms with Gasteiger partial charge >= 0.3 is 0 Å². The molecule has 1 unspecified atom stereocenters. The molecule has 100 valence electrons. The Morgan fingerprint density at radius 1 is 1.44 bits per heavy atom. The standard InChI is InChI=1S/C13H20N2O2S/c1-3-10-4-5-12-13(8-10)18(16,17)9-11(15-12)6-7-14-2/h4-5,8,11,14-15H,3,6-7,9H2,1-2H3. The van der Waals surface area contributed by atoms with Gasteiger partial charge in [0.2, 0.25) is 0 Å². The van der Waals surface area contributed by atoms with E-state index in [0.29, 0.717) is 4.90 Å². The van der Waals surface area contributed by atoms with Crippen molar-refractivity contribution in [2.24, 2.45) is 0 Å². The van der Waals surface area contributed by atoms with Crippen LogP contribution in [0.5, 0.6) is 0 Å². The number of hydrogen-bond acceptors (Lipinski definition) is 4. The topological polar surface area (TPSA) is 58.2 Å². The summed E-state index contributed by atoms with van der Waals surface area (Å²) in [5, 5.41) is 6.37. The van der Waals surface area contributed by atoms with E-state index in [1.807, 2.05) is 26.1 Å². The van der Waals surface area contributed by atoms with Gasteiger partial charge in [-0.3, -0.25) is 0 Å². The molecule has 1 atom stereocenters. The van der Waals surface area contributed by atoms with Crippen molar-refractivity contribution in [1.29, 1.82) is 0 Å². The van der Waals surface area contributed by atoms with Crippen LogP contribution in [0.25, 0.3) is 0 Å². The minimum atomic E-state index is -3.14. The summed E-state index contributed by atoms with van der Waals surface area (Å²) >= 11 is 0. The molecule has 18 heavy (non-hydrogen) atoms. The molecule has 1 aromatic rings. The molecule has 1 aliphatic rings. The largest absolute Gasteiger partial charge is 0.380 e. The van der Waals surface area contributed by atoms with Crippen molar-refractivity contribution < 1.29 is 8.42 Å². The van der Waals surface area contributed by atoms with E-state index in [1.54, 1.807) is 6.07 Å². The second-order valence-electron chi connectivity index (χ2n) is 4.70. The highest BCUT2D eigenvalue weighted by atomic mass is 32.2. The number of anilines is 1. The van der Waals surface area contributed by atoms with Crippen molar-refractivity contribution >= 4 is 15.5 Å². The first-order valence-corrected chi connectivity index (χ1v) is 7.99. The quantitative estimate of drug-likeness (QED) is 0.867. The van der Waals surface area contributed by atoms with Crippen molar-refractivity contribution in [3.05, 3.63) is 23.8 Å². The van der Waals surface area contributed by atoms with Crippen LogP contribution in [0.15, 0.2) is 23.1 Å². The van der Waals surface area contributed by atoms with Crippen molar-refractivity contribution in [3.8, 4) is 0 Å². The summed E-state index contributed by atoms with van der Waals surface area (Å²) in [6, 6.07) is 5.67. The lowest BCUT2D eigenvalue weighted by Crippen LogP contribution is -2.36. The predicted octanol–water partition coefficient (Wildman–Crippen LogP) is 1.43. The zero-order valence-corrected chi connectivity index (χ0v) is 11.7. The fourth-order valence-corrected chi connectivity index (χ4v) is 4.01. The van der Waals surface area contributed by atoms with Gasteiger partial charge in [-0.15, -0.1) is 0 Å². The smallest absolute Gasteiger partial charge is 0.182 e. The molecule has 0 saturated carbocycles. The third-order valence-electron chi connectivity index (χ3n) is 3.31. The first-order valence-electron chi connectivity index (χ1n) is 6.33. The molecule has 1 aliphatic heterocycles. The lowest BCUT2D eigenvalue weighted by molar-refractivity contribution is 0.575. The van der Waals surface area contributed by atoms with Gasteiger partial charge in [-0.05, 0) is 44.1 Å².